The standard InChI is InChI=1S/C10H13N3O4S/c1-5(15)13-6(3-14)4-18-9(13)7-2-11-10(17)12-8(7)16/h2,6,9,14H,3-4H2,1H3,(H2,11,12,16,17)/t6-,9-/m0/s1. The van der Waals surface area contributed by atoms with Crippen LogP contribution in [0.4, 0.5) is 0 Å². The van der Waals surface area contributed by atoms with E-state index in [0.717, 1.165) is 0 Å². The summed E-state index contributed by atoms with van der Waals surface area (Å²) in [7, 11) is 0. The number of nitrogens with zero attached hydrogens (tertiary/aromatic N) is 1. The van der Waals surface area contributed by atoms with Crippen molar-refractivity contribution in [3.05, 3.63) is 32.6 Å². The van der Waals surface area contributed by atoms with Gasteiger partial charge < -0.3 is 15.0 Å². The molecule has 0 bridgehead atoms. The third-order valence-corrected chi connectivity index (χ3v) is 4.15. The zero-order valence-electron chi connectivity index (χ0n) is 9.67. The average Bonchev–Trinajstić information content (AvgIpc) is 2.72. The van der Waals surface area contributed by atoms with Crippen molar-refractivity contribution in [3.8, 4) is 0 Å². The van der Waals surface area contributed by atoms with Gasteiger partial charge in [0.1, 0.15) is 5.37 Å². The Labute approximate surface area is 106 Å². The Morgan fingerprint density at radius 3 is 2.89 bits per heavy atom. The molecule has 0 aromatic carbocycles. The van der Waals surface area contributed by atoms with Crippen LogP contribution in [-0.4, -0.2) is 44.3 Å². The van der Waals surface area contributed by atoms with Crippen LogP contribution in [0.25, 0.3) is 0 Å². The van der Waals surface area contributed by atoms with Crippen molar-refractivity contribution in [1.82, 2.24) is 14.9 Å². The largest absolute Gasteiger partial charge is 0.394 e. The molecule has 0 saturated carbocycles. The number of hydrogen-bond donors (Lipinski definition) is 3. The van der Waals surface area contributed by atoms with E-state index in [9.17, 15) is 19.5 Å². The zero-order valence-corrected chi connectivity index (χ0v) is 10.5. The Bertz CT molecular complexity index is 567. The van der Waals surface area contributed by atoms with Gasteiger partial charge in [0.2, 0.25) is 5.91 Å². The SMILES string of the molecule is CC(=O)N1[C@@H](CO)CS[C@H]1c1c[nH]c(=O)[nH]c1=O. The maximum atomic E-state index is 11.7. The molecule has 7 nitrogen and oxygen atoms in total. The molecule has 98 valence electrons. The monoisotopic (exact) mass is 271 g/mol. The first kappa shape index (κ1) is 12.9. The van der Waals surface area contributed by atoms with Crippen molar-refractivity contribution in [2.45, 2.75) is 18.3 Å². The first-order valence-electron chi connectivity index (χ1n) is 5.38. The number of rotatable bonds is 2. The molecular formula is C10H13N3O4S. The van der Waals surface area contributed by atoms with E-state index in [0.29, 0.717) is 11.3 Å². The van der Waals surface area contributed by atoms with E-state index in [1.165, 1.54) is 29.8 Å². The van der Waals surface area contributed by atoms with Gasteiger partial charge in [0.05, 0.1) is 18.2 Å². The lowest BCUT2D eigenvalue weighted by Crippen LogP contribution is -2.40. The Morgan fingerprint density at radius 2 is 2.33 bits per heavy atom. The van der Waals surface area contributed by atoms with Gasteiger partial charge in [0.15, 0.2) is 0 Å². The van der Waals surface area contributed by atoms with Crippen molar-refractivity contribution in [2.24, 2.45) is 0 Å². The molecule has 0 spiro atoms. The number of aromatic amines is 2. The Kier molecular flexibility index (Phi) is 3.58. The highest BCUT2D eigenvalue weighted by Crippen LogP contribution is 2.39. The molecule has 1 fully saturated rings. The van der Waals surface area contributed by atoms with Gasteiger partial charge in [-0.25, -0.2) is 4.79 Å². The Balaban J connectivity index is 2.41. The second-order valence-corrected chi connectivity index (χ2v) is 5.09. The summed E-state index contributed by atoms with van der Waals surface area (Å²) >= 11 is 1.39. The fourth-order valence-electron chi connectivity index (χ4n) is 1.96. The lowest BCUT2D eigenvalue weighted by Gasteiger charge is -2.26. The Morgan fingerprint density at radius 1 is 1.61 bits per heavy atom. The van der Waals surface area contributed by atoms with Gasteiger partial charge in [0, 0.05) is 18.9 Å². The number of carbonyl (C=O) groups is 1. The maximum Gasteiger partial charge on any atom is 0.325 e. The summed E-state index contributed by atoms with van der Waals surface area (Å²) < 4.78 is 0. The van der Waals surface area contributed by atoms with Crippen LogP contribution < -0.4 is 11.2 Å². The van der Waals surface area contributed by atoms with E-state index in [1.54, 1.807) is 0 Å². The minimum absolute atomic E-state index is 0.148. The van der Waals surface area contributed by atoms with Gasteiger partial charge in [-0.15, -0.1) is 11.8 Å². The van der Waals surface area contributed by atoms with E-state index in [1.807, 2.05) is 0 Å². The van der Waals surface area contributed by atoms with Crippen LogP contribution in [0.3, 0.4) is 0 Å². The molecule has 18 heavy (non-hydrogen) atoms. The number of amides is 1. The van der Waals surface area contributed by atoms with Gasteiger partial charge in [-0.3, -0.25) is 14.6 Å². The number of carbonyl (C=O) groups excluding carboxylic acids is 1. The number of H-pyrrole nitrogens is 2. The average molecular weight is 271 g/mol. The van der Waals surface area contributed by atoms with Gasteiger partial charge in [-0.05, 0) is 0 Å². The smallest absolute Gasteiger partial charge is 0.325 e. The Hall–Kier alpha value is -1.54. The van der Waals surface area contributed by atoms with Crippen molar-refractivity contribution in [2.75, 3.05) is 12.4 Å². The molecule has 3 N–H and O–H groups in total. The molecule has 2 rings (SSSR count). The summed E-state index contributed by atoms with van der Waals surface area (Å²) in [5.74, 6) is 0.342. The molecule has 8 heteroatoms. The van der Waals surface area contributed by atoms with Crippen LogP contribution in [0.1, 0.15) is 17.9 Å². The topological polar surface area (TPSA) is 106 Å². The van der Waals surface area contributed by atoms with Crippen LogP contribution in [-0.2, 0) is 4.79 Å². The van der Waals surface area contributed by atoms with E-state index < -0.39 is 16.6 Å². The van der Waals surface area contributed by atoms with Crippen LogP contribution in [0.15, 0.2) is 15.8 Å². The lowest BCUT2D eigenvalue weighted by molar-refractivity contribution is -0.131. The quantitative estimate of drug-likeness (QED) is 0.641. The molecule has 2 atom stereocenters. The van der Waals surface area contributed by atoms with Gasteiger partial charge in [-0.2, -0.15) is 0 Å². The lowest BCUT2D eigenvalue weighted by atomic mass is 10.2. The van der Waals surface area contributed by atoms with Gasteiger partial charge in [-0.1, -0.05) is 0 Å². The number of aromatic nitrogens is 2. The molecule has 1 aliphatic heterocycles. The normalized spacial score (nSPS) is 23.3. The third kappa shape index (κ3) is 2.21. The summed E-state index contributed by atoms with van der Waals surface area (Å²) in [6.45, 7) is 1.24. The zero-order chi connectivity index (χ0) is 13.3. The van der Waals surface area contributed by atoms with Crippen molar-refractivity contribution >= 4 is 17.7 Å². The number of aliphatic hydroxyl groups is 1. The first-order chi connectivity index (χ1) is 8.54. The third-order valence-electron chi connectivity index (χ3n) is 2.78. The highest BCUT2D eigenvalue weighted by Gasteiger charge is 2.37. The summed E-state index contributed by atoms with van der Waals surface area (Å²) in [6, 6.07) is -0.302. The maximum absolute atomic E-state index is 11.7. The number of nitrogens with one attached hydrogen (secondary N) is 2. The summed E-state index contributed by atoms with van der Waals surface area (Å²) in [6.07, 6.45) is 1.31. The fraction of sp³-hybridized carbons (Fsp3) is 0.500. The molecule has 2 heterocycles. The van der Waals surface area contributed by atoms with Crippen LogP contribution in [0.2, 0.25) is 0 Å². The molecule has 1 aromatic heterocycles. The van der Waals surface area contributed by atoms with Crippen LogP contribution >= 0.6 is 11.8 Å². The van der Waals surface area contributed by atoms with E-state index >= 15 is 0 Å². The molecule has 0 aliphatic carbocycles. The van der Waals surface area contributed by atoms with Crippen molar-refractivity contribution < 1.29 is 9.90 Å². The number of thioether (sulfide) groups is 1. The minimum atomic E-state index is -0.583. The number of hydrogen-bond acceptors (Lipinski definition) is 5. The number of aliphatic hydroxyl groups excluding tert-OH is 1. The van der Waals surface area contributed by atoms with Crippen molar-refractivity contribution in [3.63, 3.8) is 0 Å². The predicted molar refractivity (Wildman–Crippen MR) is 66.3 cm³/mol. The van der Waals surface area contributed by atoms with E-state index in [-0.39, 0.29) is 18.6 Å². The minimum Gasteiger partial charge on any atom is -0.394 e. The summed E-state index contributed by atoms with van der Waals surface area (Å²) in [5.41, 5.74) is -0.785. The second kappa shape index (κ2) is 4.99. The highest BCUT2D eigenvalue weighted by molar-refractivity contribution is 7.99. The van der Waals surface area contributed by atoms with E-state index in [4.69, 9.17) is 0 Å². The van der Waals surface area contributed by atoms with Crippen molar-refractivity contribution in [1.29, 1.82) is 0 Å². The highest BCUT2D eigenvalue weighted by atomic mass is 32.2. The van der Waals surface area contributed by atoms with E-state index in [2.05, 4.69) is 9.97 Å². The summed E-state index contributed by atoms with van der Waals surface area (Å²) in [4.78, 5) is 40.2. The molecule has 0 unspecified atom stereocenters. The molecular weight excluding hydrogens is 258 g/mol. The molecule has 1 amide bonds. The predicted octanol–water partition coefficient (Wildman–Crippen LogP) is -0.982. The molecule has 1 saturated heterocycles. The molecule has 1 aromatic rings. The molecule has 1 aliphatic rings. The summed E-state index contributed by atoms with van der Waals surface area (Å²) in [5, 5.41) is 8.74. The van der Waals surface area contributed by atoms with Crippen LogP contribution in [0, 0.1) is 0 Å². The first-order valence-corrected chi connectivity index (χ1v) is 6.42. The van der Waals surface area contributed by atoms with Crippen LogP contribution in [0.5, 0.6) is 0 Å². The van der Waals surface area contributed by atoms with Gasteiger partial charge >= 0.3 is 5.69 Å². The van der Waals surface area contributed by atoms with Gasteiger partial charge in [0.25, 0.3) is 5.56 Å². The second-order valence-electron chi connectivity index (χ2n) is 3.98. The molecule has 0 radical (unpaired) electrons. The fourth-order valence-corrected chi connectivity index (χ4v) is 3.47.